The van der Waals surface area contributed by atoms with Crippen molar-refractivity contribution in [2.75, 3.05) is 19.6 Å². The van der Waals surface area contributed by atoms with Gasteiger partial charge in [0, 0.05) is 6.54 Å². The van der Waals surface area contributed by atoms with Crippen LogP contribution in [0, 0.1) is 0 Å². The lowest BCUT2D eigenvalue weighted by molar-refractivity contribution is -0.134. The molecule has 1 saturated heterocycles. The molecule has 0 aliphatic carbocycles. The van der Waals surface area contributed by atoms with Crippen molar-refractivity contribution < 1.29 is 18.0 Å². The van der Waals surface area contributed by atoms with Gasteiger partial charge in [-0.25, -0.2) is 8.42 Å². The Morgan fingerprint density at radius 1 is 1.40 bits per heavy atom. The fourth-order valence-electron chi connectivity index (χ4n) is 1.17. The molecule has 0 spiro atoms. The highest BCUT2D eigenvalue weighted by atomic mass is 32.2. The van der Waals surface area contributed by atoms with Gasteiger partial charge in [0.15, 0.2) is 0 Å². The van der Waals surface area contributed by atoms with E-state index < -0.39 is 27.1 Å². The topological polar surface area (TPSA) is 110 Å². The number of carbonyl (C=O) groups is 2. The number of hydrogen-bond donors (Lipinski definition) is 2. The Kier molecular flexibility index (Phi) is 3.42. The first-order valence-corrected chi connectivity index (χ1v) is 5.90. The summed E-state index contributed by atoms with van der Waals surface area (Å²) >= 11 is 0. The van der Waals surface area contributed by atoms with E-state index in [-0.39, 0.29) is 19.6 Å². The minimum absolute atomic E-state index is 0.0470. The molecule has 0 aromatic rings. The number of nitrogens with two attached hydrogens (primary N) is 1. The Balaban J connectivity index is 2.88. The smallest absolute Gasteiger partial charge is 0.241 e. The largest absolute Gasteiger partial charge is 0.329 e. The molecule has 7 nitrogen and oxygen atoms in total. The Morgan fingerprint density at radius 3 is 2.27 bits per heavy atom. The zero-order valence-electron chi connectivity index (χ0n) is 8.26. The number of piperazine rings is 1. The van der Waals surface area contributed by atoms with E-state index in [2.05, 4.69) is 0 Å². The molecule has 1 aliphatic rings. The van der Waals surface area contributed by atoms with Crippen LogP contribution in [0.15, 0.2) is 0 Å². The van der Waals surface area contributed by atoms with Gasteiger partial charge in [-0.15, -0.1) is 0 Å². The Hall–Kier alpha value is -0.990. The molecule has 1 heterocycles. The number of rotatable bonds is 3. The van der Waals surface area contributed by atoms with Crippen LogP contribution in [0.4, 0.5) is 0 Å². The first kappa shape index (κ1) is 12.1. The molecule has 0 saturated carbocycles. The van der Waals surface area contributed by atoms with E-state index in [1.165, 1.54) is 6.92 Å². The number of hydrogen-bond acceptors (Lipinski definition) is 5. The van der Waals surface area contributed by atoms with Gasteiger partial charge in [-0.1, -0.05) is 0 Å². The van der Waals surface area contributed by atoms with Crippen LogP contribution in [0.5, 0.6) is 0 Å². The summed E-state index contributed by atoms with van der Waals surface area (Å²) in [5.74, 6) is -1.22. The molecule has 0 radical (unpaired) electrons. The van der Waals surface area contributed by atoms with Gasteiger partial charge in [0.1, 0.15) is 0 Å². The SMILES string of the molecule is CC(CN)S(=O)(=O)N1CC(=O)NC(=O)C1. The van der Waals surface area contributed by atoms with Gasteiger partial charge in [-0.05, 0) is 6.92 Å². The molecular formula is C7H13N3O4S. The molecule has 0 bridgehead atoms. The molecule has 1 fully saturated rings. The maximum atomic E-state index is 11.7. The molecule has 1 atom stereocenters. The van der Waals surface area contributed by atoms with E-state index in [4.69, 9.17) is 5.73 Å². The molecule has 0 aromatic carbocycles. The summed E-state index contributed by atoms with van der Waals surface area (Å²) < 4.78 is 24.3. The van der Waals surface area contributed by atoms with Crippen molar-refractivity contribution in [3.63, 3.8) is 0 Å². The van der Waals surface area contributed by atoms with Crippen LogP contribution >= 0.6 is 0 Å². The summed E-state index contributed by atoms with van der Waals surface area (Å²) in [7, 11) is -3.65. The van der Waals surface area contributed by atoms with Crippen LogP contribution in [0.3, 0.4) is 0 Å². The minimum Gasteiger partial charge on any atom is -0.329 e. The zero-order valence-corrected chi connectivity index (χ0v) is 9.08. The quantitative estimate of drug-likeness (QED) is 0.531. The average Bonchev–Trinajstić information content (AvgIpc) is 2.15. The van der Waals surface area contributed by atoms with Crippen LogP contribution in [-0.2, 0) is 19.6 Å². The maximum absolute atomic E-state index is 11.7. The molecule has 86 valence electrons. The van der Waals surface area contributed by atoms with E-state index in [0.717, 1.165) is 4.31 Å². The van der Waals surface area contributed by atoms with E-state index in [9.17, 15) is 18.0 Å². The monoisotopic (exact) mass is 235 g/mol. The average molecular weight is 235 g/mol. The second kappa shape index (κ2) is 4.25. The van der Waals surface area contributed by atoms with Crippen molar-refractivity contribution in [2.24, 2.45) is 5.73 Å². The van der Waals surface area contributed by atoms with E-state index in [1.54, 1.807) is 0 Å². The molecular weight excluding hydrogens is 222 g/mol. The van der Waals surface area contributed by atoms with E-state index in [0.29, 0.717) is 0 Å². The van der Waals surface area contributed by atoms with Gasteiger partial charge >= 0.3 is 0 Å². The summed E-state index contributed by atoms with van der Waals surface area (Å²) in [6.07, 6.45) is 0. The third kappa shape index (κ3) is 2.52. The van der Waals surface area contributed by atoms with Crippen LogP contribution in [-0.4, -0.2) is 49.4 Å². The number of nitrogens with zero attached hydrogens (tertiary/aromatic N) is 1. The van der Waals surface area contributed by atoms with Crippen molar-refractivity contribution in [1.29, 1.82) is 0 Å². The molecule has 15 heavy (non-hydrogen) atoms. The van der Waals surface area contributed by atoms with Crippen molar-refractivity contribution in [1.82, 2.24) is 9.62 Å². The standard InChI is InChI=1S/C7H13N3O4S/c1-5(2-8)15(13,14)10-3-6(11)9-7(12)4-10/h5H,2-4,8H2,1H3,(H,9,11,12). The molecule has 3 N–H and O–H groups in total. The van der Waals surface area contributed by atoms with Crippen LogP contribution in [0.2, 0.25) is 0 Å². The molecule has 0 aromatic heterocycles. The van der Waals surface area contributed by atoms with Gasteiger partial charge in [-0.3, -0.25) is 14.9 Å². The van der Waals surface area contributed by atoms with Gasteiger partial charge in [0.2, 0.25) is 21.8 Å². The number of sulfonamides is 1. The Morgan fingerprint density at radius 2 is 1.87 bits per heavy atom. The summed E-state index contributed by atoms with van der Waals surface area (Å²) in [6, 6.07) is 0. The fourth-order valence-corrected chi connectivity index (χ4v) is 2.51. The number of imide groups is 1. The lowest BCUT2D eigenvalue weighted by atomic mass is 10.4. The second-order valence-electron chi connectivity index (χ2n) is 3.33. The lowest BCUT2D eigenvalue weighted by Crippen LogP contribution is -2.55. The molecule has 8 heteroatoms. The van der Waals surface area contributed by atoms with Crippen LogP contribution in [0.25, 0.3) is 0 Å². The number of carbonyl (C=O) groups excluding carboxylic acids is 2. The van der Waals surface area contributed by atoms with Crippen molar-refractivity contribution >= 4 is 21.8 Å². The number of amides is 2. The minimum atomic E-state index is -3.65. The molecule has 1 aliphatic heterocycles. The first-order valence-electron chi connectivity index (χ1n) is 4.39. The maximum Gasteiger partial charge on any atom is 0.241 e. The van der Waals surface area contributed by atoms with Gasteiger partial charge < -0.3 is 5.73 Å². The predicted octanol–water partition coefficient (Wildman–Crippen LogP) is -2.38. The van der Waals surface area contributed by atoms with Gasteiger partial charge in [0.05, 0.1) is 18.3 Å². The lowest BCUT2D eigenvalue weighted by Gasteiger charge is -2.27. The third-order valence-electron chi connectivity index (χ3n) is 2.12. The molecule has 1 unspecified atom stereocenters. The molecule has 2 amide bonds. The molecule has 1 rings (SSSR count). The number of nitrogens with one attached hydrogen (secondary N) is 1. The van der Waals surface area contributed by atoms with Crippen molar-refractivity contribution in [3.05, 3.63) is 0 Å². The van der Waals surface area contributed by atoms with Crippen LogP contribution < -0.4 is 11.1 Å². The van der Waals surface area contributed by atoms with E-state index in [1.807, 2.05) is 5.32 Å². The van der Waals surface area contributed by atoms with E-state index >= 15 is 0 Å². The summed E-state index contributed by atoms with van der Waals surface area (Å²) in [6.45, 7) is 0.748. The highest BCUT2D eigenvalue weighted by Crippen LogP contribution is 2.09. The summed E-state index contributed by atoms with van der Waals surface area (Å²) in [5.41, 5.74) is 5.24. The first-order chi connectivity index (χ1) is 6.87. The van der Waals surface area contributed by atoms with Crippen molar-refractivity contribution in [3.8, 4) is 0 Å². The highest BCUT2D eigenvalue weighted by Gasteiger charge is 2.34. The summed E-state index contributed by atoms with van der Waals surface area (Å²) in [4.78, 5) is 21.9. The normalized spacial score (nSPS) is 21.2. The third-order valence-corrected chi connectivity index (χ3v) is 4.31. The van der Waals surface area contributed by atoms with Crippen molar-refractivity contribution in [2.45, 2.75) is 12.2 Å². The fraction of sp³-hybridized carbons (Fsp3) is 0.714. The van der Waals surface area contributed by atoms with Crippen LogP contribution in [0.1, 0.15) is 6.92 Å². The van der Waals surface area contributed by atoms with Gasteiger partial charge in [-0.2, -0.15) is 4.31 Å². The second-order valence-corrected chi connectivity index (χ2v) is 5.68. The zero-order chi connectivity index (χ0) is 11.6. The predicted molar refractivity (Wildman–Crippen MR) is 52.2 cm³/mol. The highest BCUT2D eigenvalue weighted by molar-refractivity contribution is 7.89. The Bertz CT molecular complexity index is 362. The van der Waals surface area contributed by atoms with Gasteiger partial charge in [0.25, 0.3) is 0 Å². The summed E-state index contributed by atoms with van der Waals surface area (Å²) in [5, 5.41) is 1.23. The Labute approximate surface area is 87.7 Å².